The van der Waals surface area contributed by atoms with E-state index in [1.807, 2.05) is 12.3 Å². The van der Waals surface area contributed by atoms with Crippen LogP contribution in [0.15, 0.2) is 18.5 Å². The standard InChI is InChI=1S/C25H38N2O3/c1-24-9-8-21-19(4-3-17-15-18(29)7-10-25(17,21)11-14-28)20(24)5-6-22(24)23(30)16-27-13-2-12-26-27/h2,12-13,17-22,28-29H,3-11,14-16H2,1H3/t17-,18+,19-,20-,21-,22+,24-,25+/m0/s1. The summed E-state index contributed by atoms with van der Waals surface area (Å²) in [5, 5.41) is 24.5. The molecule has 0 bridgehead atoms. The predicted octanol–water partition coefficient (Wildman–Crippen LogP) is 3.83. The zero-order valence-corrected chi connectivity index (χ0v) is 18.4. The minimum atomic E-state index is -0.150. The van der Waals surface area contributed by atoms with Gasteiger partial charge in [0.25, 0.3) is 0 Å². The van der Waals surface area contributed by atoms with E-state index in [4.69, 9.17) is 0 Å². The van der Waals surface area contributed by atoms with Crippen LogP contribution in [0.3, 0.4) is 0 Å². The number of rotatable bonds is 5. The van der Waals surface area contributed by atoms with Gasteiger partial charge in [0.05, 0.1) is 12.6 Å². The normalized spacial score (nSPS) is 45.4. The average molecular weight is 415 g/mol. The SMILES string of the molecule is C[C@]12CC[C@H]3[C@@H](CC[C@H]4C[C@H](O)CC[C@@]43CCO)[C@@H]1CC[C@@H]2C(=O)Cn1cccn1. The molecule has 0 saturated heterocycles. The minimum absolute atomic E-state index is 0.118. The molecule has 4 saturated carbocycles. The van der Waals surface area contributed by atoms with Crippen molar-refractivity contribution in [3.05, 3.63) is 18.5 Å². The summed E-state index contributed by atoms with van der Waals surface area (Å²) in [5.74, 6) is 3.07. The fourth-order valence-corrected chi connectivity index (χ4v) is 8.93. The highest BCUT2D eigenvalue weighted by Gasteiger charge is 2.62. The molecule has 1 aromatic heterocycles. The Morgan fingerprint density at radius 3 is 2.77 bits per heavy atom. The molecule has 0 aromatic carbocycles. The van der Waals surface area contributed by atoms with Crippen LogP contribution in [0.4, 0.5) is 0 Å². The molecule has 4 aliphatic rings. The van der Waals surface area contributed by atoms with Crippen molar-refractivity contribution in [3.8, 4) is 0 Å². The maximum absolute atomic E-state index is 13.2. The van der Waals surface area contributed by atoms with E-state index in [0.29, 0.717) is 36.0 Å². The van der Waals surface area contributed by atoms with E-state index in [0.717, 1.165) is 38.5 Å². The summed E-state index contributed by atoms with van der Waals surface area (Å²) in [6.45, 7) is 3.08. The zero-order chi connectivity index (χ0) is 20.9. The molecule has 30 heavy (non-hydrogen) atoms. The molecule has 0 amide bonds. The number of carbonyl (C=O) groups excluding carboxylic acids is 1. The van der Waals surface area contributed by atoms with Crippen LogP contribution in [0, 0.1) is 40.4 Å². The van der Waals surface area contributed by atoms with E-state index < -0.39 is 0 Å². The van der Waals surface area contributed by atoms with Crippen LogP contribution in [0.2, 0.25) is 0 Å². The highest BCUT2D eigenvalue weighted by molar-refractivity contribution is 5.82. The summed E-state index contributed by atoms with van der Waals surface area (Å²) in [7, 11) is 0. The second-order valence-electron chi connectivity index (χ2n) is 11.1. The molecule has 1 heterocycles. The number of aliphatic hydroxyl groups excluding tert-OH is 2. The molecule has 5 nitrogen and oxygen atoms in total. The number of Topliss-reactive ketones (excluding diaryl/α,β-unsaturated/α-hetero) is 1. The van der Waals surface area contributed by atoms with Gasteiger partial charge in [0, 0.05) is 24.9 Å². The van der Waals surface area contributed by atoms with Crippen LogP contribution in [0.25, 0.3) is 0 Å². The Bertz CT molecular complexity index is 764. The first kappa shape index (κ1) is 20.7. The fourth-order valence-electron chi connectivity index (χ4n) is 8.93. The van der Waals surface area contributed by atoms with E-state index in [-0.39, 0.29) is 29.5 Å². The van der Waals surface area contributed by atoms with Crippen LogP contribution >= 0.6 is 0 Å². The lowest BCUT2D eigenvalue weighted by atomic mass is 9.43. The second kappa shape index (κ2) is 7.74. The summed E-state index contributed by atoms with van der Waals surface area (Å²) >= 11 is 0. The van der Waals surface area contributed by atoms with Crippen molar-refractivity contribution < 1.29 is 15.0 Å². The molecule has 4 aliphatic carbocycles. The Balaban J connectivity index is 1.38. The highest BCUT2D eigenvalue weighted by Crippen LogP contribution is 2.68. The Hall–Kier alpha value is -1.20. The first-order valence-corrected chi connectivity index (χ1v) is 12.3. The van der Waals surface area contributed by atoms with E-state index in [1.54, 1.807) is 10.9 Å². The van der Waals surface area contributed by atoms with Gasteiger partial charge >= 0.3 is 0 Å². The number of aliphatic hydroxyl groups is 2. The molecule has 166 valence electrons. The molecule has 1 aromatic rings. The van der Waals surface area contributed by atoms with E-state index in [2.05, 4.69) is 12.0 Å². The van der Waals surface area contributed by atoms with Gasteiger partial charge in [-0.3, -0.25) is 9.48 Å². The van der Waals surface area contributed by atoms with Gasteiger partial charge in [-0.1, -0.05) is 6.92 Å². The zero-order valence-electron chi connectivity index (χ0n) is 18.4. The largest absolute Gasteiger partial charge is 0.396 e. The second-order valence-corrected chi connectivity index (χ2v) is 11.1. The Kier molecular flexibility index (Phi) is 5.34. The monoisotopic (exact) mass is 414 g/mol. The summed E-state index contributed by atoms with van der Waals surface area (Å²) in [6, 6.07) is 1.89. The number of aromatic nitrogens is 2. The van der Waals surface area contributed by atoms with Crippen molar-refractivity contribution in [3.63, 3.8) is 0 Å². The molecule has 4 fully saturated rings. The van der Waals surface area contributed by atoms with Gasteiger partial charge in [0.2, 0.25) is 0 Å². The highest BCUT2D eigenvalue weighted by atomic mass is 16.3. The van der Waals surface area contributed by atoms with E-state index in [1.165, 1.54) is 25.7 Å². The van der Waals surface area contributed by atoms with E-state index >= 15 is 0 Å². The van der Waals surface area contributed by atoms with Gasteiger partial charge in [0.15, 0.2) is 5.78 Å². The smallest absolute Gasteiger partial charge is 0.157 e. The lowest BCUT2D eigenvalue weighted by Gasteiger charge is -2.62. The molecular formula is C25H38N2O3. The number of fused-ring (bicyclic) bond motifs is 5. The van der Waals surface area contributed by atoms with E-state index in [9.17, 15) is 15.0 Å². The number of hydrogen-bond acceptors (Lipinski definition) is 4. The summed E-state index contributed by atoms with van der Waals surface area (Å²) in [4.78, 5) is 13.2. The molecule has 2 N–H and O–H groups in total. The molecule has 0 radical (unpaired) electrons. The van der Waals surface area contributed by atoms with Crippen molar-refractivity contribution in [2.75, 3.05) is 6.61 Å². The van der Waals surface area contributed by atoms with Gasteiger partial charge in [0.1, 0.15) is 0 Å². The summed E-state index contributed by atoms with van der Waals surface area (Å²) in [5.41, 5.74) is 0.336. The van der Waals surface area contributed by atoms with Crippen LogP contribution in [0.5, 0.6) is 0 Å². The number of ketones is 1. The van der Waals surface area contributed by atoms with Gasteiger partial charge < -0.3 is 10.2 Å². The summed E-state index contributed by atoms with van der Waals surface area (Å²) in [6.07, 6.45) is 14.3. The molecule has 5 rings (SSSR count). The van der Waals surface area contributed by atoms with Gasteiger partial charge in [-0.15, -0.1) is 0 Å². The Morgan fingerprint density at radius 2 is 2.00 bits per heavy atom. The quantitative estimate of drug-likeness (QED) is 0.768. The first-order valence-electron chi connectivity index (χ1n) is 12.3. The number of hydrogen-bond donors (Lipinski definition) is 2. The van der Waals surface area contributed by atoms with Gasteiger partial charge in [-0.05, 0) is 105 Å². The van der Waals surface area contributed by atoms with Gasteiger partial charge in [-0.2, -0.15) is 5.10 Å². The Morgan fingerprint density at radius 1 is 1.13 bits per heavy atom. The summed E-state index contributed by atoms with van der Waals surface area (Å²) < 4.78 is 1.78. The van der Waals surface area contributed by atoms with Crippen LogP contribution in [0.1, 0.15) is 71.1 Å². The van der Waals surface area contributed by atoms with Crippen molar-refractivity contribution >= 4 is 5.78 Å². The topological polar surface area (TPSA) is 75.3 Å². The fraction of sp³-hybridized carbons (Fsp3) is 0.840. The third kappa shape index (κ3) is 3.10. The van der Waals surface area contributed by atoms with Crippen molar-refractivity contribution in [1.82, 2.24) is 9.78 Å². The molecule has 0 unspecified atom stereocenters. The number of nitrogens with zero attached hydrogens (tertiary/aromatic N) is 2. The van der Waals surface area contributed by atoms with Crippen LogP contribution in [-0.2, 0) is 11.3 Å². The van der Waals surface area contributed by atoms with Crippen molar-refractivity contribution in [2.45, 2.75) is 83.8 Å². The van der Waals surface area contributed by atoms with Gasteiger partial charge in [-0.25, -0.2) is 0 Å². The molecule has 8 atom stereocenters. The average Bonchev–Trinajstić information content (AvgIpc) is 3.35. The molecule has 0 spiro atoms. The third-order valence-corrected chi connectivity index (χ3v) is 10.2. The van der Waals surface area contributed by atoms with Crippen molar-refractivity contribution in [2.24, 2.45) is 40.4 Å². The molecular weight excluding hydrogens is 376 g/mol. The molecule has 0 aliphatic heterocycles. The maximum atomic E-state index is 13.2. The number of carbonyl (C=O) groups is 1. The lowest BCUT2D eigenvalue weighted by Crippen LogP contribution is -2.55. The first-order chi connectivity index (χ1) is 14.5. The Labute approximate surface area is 180 Å². The van der Waals surface area contributed by atoms with Crippen molar-refractivity contribution in [1.29, 1.82) is 0 Å². The third-order valence-electron chi connectivity index (χ3n) is 10.2. The maximum Gasteiger partial charge on any atom is 0.157 e. The lowest BCUT2D eigenvalue weighted by molar-refractivity contribution is -0.149. The minimum Gasteiger partial charge on any atom is -0.396 e. The predicted molar refractivity (Wildman–Crippen MR) is 114 cm³/mol. The van der Waals surface area contributed by atoms with Crippen LogP contribution < -0.4 is 0 Å². The molecule has 5 heteroatoms. The van der Waals surface area contributed by atoms with Crippen LogP contribution in [-0.4, -0.2) is 38.5 Å².